The van der Waals surface area contributed by atoms with Crippen LogP contribution in [0.15, 0.2) is 0 Å². The molecule has 10 heteroatoms. The Morgan fingerprint density at radius 2 is 1.19 bits per heavy atom. The minimum atomic E-state index is -5.33. The van der Waals surface area contributed by atoms with Crippen LogP contribution in [0.1, 0.15) is 119 Å². The predicted molar refractivity (Wildman–Crippen MR) is 131 cm³/mol. The van der Waals surface area contributed by atoms with Gasteiger partial charge in [-0.3, -0.25) is 4.55 Å². The molecule has 6 atom stereocenters. The summed E-state index contributed by atoms with van der Waals surface area (Å²) < 4.78 is 32.5. The molecule has 0 aliphatic carbocycles. The first-order chi connectivity index (χ1) is 15.8. The Labute approximate surface area is 305 Å². The van der Waals surface area contributed by atoms with Crippen molar-refractivity contribution in [2.75, 3.05) is 0 Å². The summed E-state index contributed by atoms with van der Waals surface area (Å²) in [6, 6.07) is 0. The summed E-state index contributed by atoms with van der Waals surface area (Å²) in [5.41, 5.74) is 0. The third kappa shape index (κ3) is 12.7. The first-order valence-corrected chi connectivity index (χ1v) is 14.7. The topological polar surface area (TPSA) is 135 Å². The zero-order valence-corrected chi connectivity index (χ0v) is 31.2. The molecule has 0 rings (SSSR count). The average molecular weight is 583 g/mol. The van der Waals surface area contributed by atoms with Gasteiger partial charge in [0.15, 0.2) is 0 Å². The van der Waals surface area contributed by atoms with Gasteiger partial charge >= 0.3 is 103 Å². The van der Waals surface area contributed by atoms with Crippen LogP contribution in [0.3, 0.4) is 0 Å². The van der Waals surface area contributed by atoms with Crippen LogP contribution in [0.4, 0.5) is 0 Å². The second-order valence-corrected chi connectivity index (χ2v) is 11.8. The van der Waals surface area contributed by atoms with E-state index in [4.69, 9.17) is 0 Å². The summed E-state index contributed by atoms with van der Waals surface area (Å²) in [5.74, 6) is -7.13. The van der Waals surface area contributed by atoms with E-state index in [0.29, 0.717) is 25.2 Å². The fourth-order valence-corrected chi connectivity index (χ4v) is 6.93. The summed E-state index contributed by atoms with van der Waals surface area (Å²) in [6.07, 6.45) is 9.45. The molecule has 0 aliphatic rings. The van der Waals surface area contributed by atoms with Gasteiger partial charge in [-0.05, 0) is 36.5 Å². The molecule has 0 aromatic carbocycles. The van der Waals surface area contributed by atoms with E-state index in [9.17, 15) is 32.8 Å². The van der Waals surface area contributed by atoms with Crippen LogP contribution >= 0.6 is 0 Å². The van der Waals surface area contributed by atoms with Crippen LogP contribution in [-0.4, -0.2) is 29.7 Å². The molecule has 36 heavy (non-hydrogen) atoms. The van der Waals surface area contributed by atoms with Crippen molar-refractivity contribution in [3.63, 3.8) is 0 Å². The fraction of sp³-hybridized carbons (Fsp3) is 0.923. The van der Waals surface area contributed by atoms with Gasteiger partial charge < -0.3 is 19.8 Å². The zero-order valence-electron chi connectivity index (χ0n) is 24.2. The maximum Gasteiger partial charge on any atom is 1.00 e. The number of rotatable bonds is 20. The molecular formula is C26H48K2O7S. The Balaban J connectivity index is -0.00000544. The summed E-state index contributed by atoms with van der Waals surface area (Å²) in [7, 11) is -5.33. The molecule has 7 nitrogen and oxygen atoms in total. The third-order valence-corrected chi connectivity index (χ3v) is 9.56. The van der Waals surface area contributed by atoms with Crippen LogP contribution < -0.4 is 113 Å². The molecule has 0 aromatic heterocycles. The first kappa shape index (κ1) is 42.6. The molecule has 202 valence electrons. The third-order valence-electron chi connectivity index (χ3n) is 7.89. The minimum Gasteiger partial charge on any atom is -0.550 e. The maximum absolute atomic E-state index is 12.7. The number of unbranched alkanes of at least 4 members (excludes halogenated alkanes) is 2. The Hall–Kier alpha value is 2.12. The fourth-order valence-electron chi connectivity index (χ4n) is 5.44. The van der Waals surface area contributed by atoms with Crippen LogP contribution in [0, 0.1) is 29.6 Å². The first-order valence-electron chi connectivity index (χ1n) is 13.2. The summed E-state index contributed by atoms with van der Waals surface area (Å²) in [4.78, 5) is 24.7. The SMILES string of the molecule is CCCCC(CC)CCC(C)C(C(=O)[O-])C(C(=O)[O-])(C(C)CCC(CC)CCCC)S(=O)(=O)O.[K+].[K+]. The molecule has 0 aromatic rings. The van der Waals surface area contributed by atoms with Gasteiger partial charge in [0, 0.05) is 11.9 Å². The molecule has 0 aliphatic heterocycles. The van der Waals surface area contributed by atoms with Crippen molar-refractivity contribution in [2.45, 2.75) is 123 Å². The van der Waals surface area contributed by atoms with Gasteiger partial charge in [0.2, 0.25) is 0 Å². The van der Waals surface area contributed by atoms with Crippen LogP contribution in [0.25, 0.3) is 0 Å². The molecule has 0 saturated heterocycles. The largest absolute Gasteiger partial charge is 1.00 e. The second-order valence-electron chi connectivity index (χ2n) is 10.2. The van der Waals surface area contributed by atoms with Crippen molar-refractivity contribution in [3.05, 3.63) is 0 Å². The Kier molecular flexibility index (Phi) is 25.8. The van der Waals surface area contributed by atoms with Crippen molar-refractivity contribution in [2.24, 2.45) is 29.6 Å². The van der Waals surface area contributed by atoms with Gasteiger partial charge in [0.1, 0.15) is 4.75 Å². The molecule has 1 N–H and O–H groups in total. The van der Waals surface area contributed by atoms with Crippen molar-refractivity contribution in [3.8, 4) is 0 Å². The van der Waals surface area contributed by atoms with E-state index in [2.05, 4.69) is 20.8 Å². The number of carbonyl (C=O) groups is 2. The quantitative estimate of drug-likeness (QED) is 0.130. The van der Waals surface area contributed by atoms with Crippen molar-refractivity contribution >= 4 is 22.1 Å². The molecule has 0 fully saturated rings. The smallest absolute Gasteiger partial charge is 0.550 e. The van der Waals surface area contributed by atoms with Gasteiger partial charge in [-0.25, -0.2) is 0 Å². The normalized spacial score (nSPS) is 17.4. The maximum atomic E-state index is 12.7. The zero-order chi connectivity index (χ0) is 26.5. The van der Waals surface area contributed by atoms with Crippen molar-refractivity contribution < 1.29 is 136 Å². The van der Waals surface area contributed by atoms with Crippen LogP contribution in [0.2, 0.25) is 0 Å². The van der Waals surface area contributed by atoms with E-state index in [1.165, 1.54) is 6.92 Å². The Bertz CT molecular complexity index is 717. The van der Waals surface area contributed by atoms with E-state index in [0.717, 1.165) is 51.4 Å². The van der Waals surface area contributed by atoms with Crippen molar-refractivity contribution in [1.82, 2.24) is 0 Å². The van der Waals surface area contributed by atoms with Gasteiger partial charge in [0.25, 0.3) is 10.1 Å². The Morgan fingerprint density at radius 3 is 1.50 bits per heavy atom. The molecule has 0 heterocycles. The minimum absolute atomic E-state index is 0. The number of hydrogen-bond donors (Lipinski definition) is 1. The number of carboxylic acid groups (broad SMARTS) is 2. The monoisotopic (exact) mass is 582 g/mol. The van der Waals surface area contributed by atoms with E-state index in [1.807, 2.05) is 6.92 Å². The summed E-state index contributed by atoms with van der Waals surface area (Å²) in [6.45, 7) is 11.2. The molecule has 0 spiro atoms. The summed E-state index contributed by atoms with van der Waals surface area (Å²) >= 11 is 0. The Morgan fingerprint density at radius 1 is 0.778 bits per heavy atom. The van der Waals surface area contributed by atoms with E-state index >= 15 is 0 Å². The van der Waals surface area contributed by atoms with Crippen LogP contribution in [-0.2, 0) is 19.7 Å². The summed E-state index contributed by atoms with van der Waals surface area (Å²) in [5, 5.41) is 24.7. The number of carboxylic acids is 2. The molecule has 0 bridgehead atoms. The second kappa shape index (κ2) is 21.8. The molecule has 6 unspecified atom stereocenters. The van der Waals surface area contributed by atoms with Crippen LogP contribution in [0.5, 0.6) is 0 Å². The van der Waals surface area contributed by atoms with Crippen molar-refractivity contribution in [1.29, 1.82) is 0 Å². The number of hydrogen-bond acceptors (Lipinski definition) is 6. The molecule has 0 radical (unpaired) electrons. The van der Waals surface area contributed by atoms with E-state index < -0.39 is 44.6 Å². The van der Waals surface area contributed by atoms with Gasteiger partial charge in [0.05, 0.1) is 5.97 Å². The van der Waals surface area contributed by atoms with E-state index in [1.54, 1.807) is 6.92 Å². The number of aliphatic carboxylic acids is 2. The molecule has 0 amide bonds. The molecule has 0 saturated carbocycles. The molecular weight excluding hydrogens is 535 g/mol. The van der Waals surface area contributed by atoms with Gasteiger partial charge in [-0.2, -0.15) is 8.42 Å². The average Bonchev–Trinajstić information content (AvgIpc) is 2.75. The van der Waals surface area contributed by atoms with E-state index in [-0.39, 0.29) is 115 Å². The standard InChI is InChI=1S/C26H50O7S.2K/c1-7-11-13-21(9-3)17-15-19(5)23(24(27)28)26(25(29)30,34(31,32)33)20(6)16-18-22(10-4)14-12-8-2;;/h19-23H,7-18H2,1-6H3,(H,27,28)(H,29,30)(H,31,32,33);;/q;2*+1/p-2. The van der Waals surface area contributed by atoms with Gasteiger partial charge in [-0.15, -0.1) is 0 Å². The number of carbonyl (C=O) groups excluding carboxylic acids is 2. The van der Waals surface area contributed by atoms with Gasteiger partial charge in [-0.1, -0.05) is 106 Å². The predicted octanol–water partition coefficient (Wildman–Crippen LogP) is -2.00.